The summed E-state index contributed by atoms with van der Waals surface area (Å²) in [7, 11) is 0. The zero-order valence-corrected chi connectivity index (χ0v) is 25.8. The number of hydrogen-bond donors (Lipinski definition) is 6. The van der Waals surface area contributed by atoms with Crippen molar-refractivity contribution in [3.63, 3.8) is 0 Å². The first-order valence-electron chi connectivity index (χ1n) is 14.1. The molecule has 0 radical (unpaired) electrons. The predicted octanol–water partition coefficient (Wildman–Crippen LogP) is 3.15. The van der Waals surface area contributed by atoms with Crippen LogP contribution in [0.1, 0.15) is 45.5 Å². The van der Waals surface area contributed by atoms with E-state index in [2.05, 4.69) is 5.32 Å². The van der Waals surface area contributed by atoms with Crippen LogP contribution in [0, 0.1) is 5.92 Å². The summed E-state index contributed by atoms with van der Waals surface area (Å²) in [5.74, 6) is -7.54. The minimum atomic E-state index is -1.38. The molecule has 6 N–H and O–H groups in total. The number of aliphatic hydroxyl groups is 1. The number of nitrogens with zero attached hydrogens (tertiary/aromatic N) is 1. The lowest BCUT2D eigenvalue weighted by Crippen LogP contribution is -2.46. The highest BCUT2D eigenvalue weighted by molar-refractivity contribution is 6.45. The quantitative estimate of drug-likeness (QED) is 0.154. The Balaban J connectivity index is 1.57. The van der Waals surface area contributed by atoms with Crippen molar-refractivity contribution in [3.8, 4) is 0 Å². The second-order valence-corrected chi connectivity index (χ2v) is 11.5. The van der Waals surface area contributed by atoms with Gasteiger partial charge in [-0.3, -0.25) is 28.9 Å². The molecule has 3 aliphatic rings. The Morgan fingerprint density at radius 2 is 1.62 bits per heavy atom. The SMILES string of the molecule is O=C(O)CN(CC(=O)O)[C@@H](CCCCNC(=O)c1ccc(C(=O)O)c(C2=C3C=C(Cl)C(=O)C=C3O[C@@H]3C=C(O)C(Cl)=C[C@H]23)c1)C(=O)O. The lowest BCUT2D eigenvalue weighted by molar-refractivity contribution is -0.149. The molecule has 248 valence electrons. The highest BCUT2D eigenvalue weighted by Gasteiger charge is 2.40. The van der Waals surface area contributed by atoms with E-state index in [1.165, 1.54) is 36.4 Å². The van der Waals surface area contributed by atoms with Gasteiger partial charge < -0.3 is 35.6 Å². The van der Waals surface area contributed by atoms with Gasteiger partial charge in [0.15, 0.2) is 0 Å². The molecule has 0 bridgehead atoms. The fraction of sp³-hybridized carbons (Fsp3) is 0.290. The number of carbonyl (C=O) groups is 6. The average molecular weight is 691 g/mol. The third kappa shape index (κ3) is 8.09. The summed E-state index contributed by atoms with van der Waals surface area (Å²) in [6, 6.07) is 2.53. The van der Waals surface area contributed by atoms with E-state index in [9.17, 15) is 44.1 Å². The highest BCUT2D eigenvalue weighted by atomic mass is 35.5. The van der Waals surface area contributed by atoms with Gasteiger partial charge >= 0.3 is 23.9 Å². The number of allylic oxidation sites excluding steroid dienone is 4. The van der Waals surface area contributed by atoms with E-state index in [-0.39, 0.29) is 64.1 Å². The Labute approximate surface area is 276 Å². The smallest absolute Gasteiger partial charge is 0.336 e. The molecule has 4 rings (SSSR count). The maximum absolute atomic E-state index is 13.2. The standard InChI is InChI=1S/C31H28Cl2N2O12/c32-19-8-17-24(10-22(19)36)47-25-11-23(37)20(33)9-18(25)28(17)16-7-14(4-5-15(16)30(43)44)29(42)34-6-2-1-3-21(31(45)46)35(12-26(38)39)13-27(40)41/h4-5,7-11,17,21,24,36H,1-3,6,12-13H2,(H,34,42)(H,38,39)(H,40,41)(H,43,44)(H,45,46)/t17-,21-,24+/m0/s1. The number of aliphatic carboxylic acids is 3. The molecule has 47 heavy (non-hydrogen) atoms. The Morgan fingerprint density at radius 1 is 0.936 bits per heavy atom. The van der Waals surface area contributed by atoms with E-state index in [4.69, 9.17) is 38.2 Å². The van der Waals surface area contributed by atoms with Gasteiger partial charge in [-0.15, -0.1) is 0 Å². The Kier molecular flexibility index (Phi) is 10.9. The van der Waals surface area contributed by atoms with Crippen molar-refractivity contribution in [1.82, 2.24) is 10.2 Å². The van der Waals surface area contributed by atoms with Gasteiger partial charge in [0, 0.05) is 35.8 Å². The Hall–Kier alpha value is -4.92. The Bertz CT molecular complexity index is 1690. The number of hydrogen-bond acceptors (Lipinski definition) is 9. The molecule has 1 amide bonds. The number of aliphatic hydroxyl groups excluding tert-OH is 1. The predicted molar refractivity (Wildman–Crippen MR) is 165 cm³/mol. The van der Waals surface area contributed by atoms with Crippen molar-refractivity contribution >= 4 is 64.3 Å². The van der Waals surface area contributed by atoms with Gasteiger partial charge in [0.05, 0.1) is 28.7 Å². The first-order chi connectivity index (χ1) is 22.2. The van der Waals surface area contributed by atoms with Crippen LogP contribution < -0.4 is 5.32 Å². The summed E-state index contributed by atoms with van der Waals surface area (Å²) < 4.78 is 5.94. The number of ether oxygens (including phenoxy) is 1. The summed E-state index contributed by atoms with van der Waals surface area (Å²) in [4.78, 5) is 72.6. The fourth-order valence-corrected chi connectivity index (χ4v) is 5.84. The lowest BCUT2D eigenvalue weighted by atomic mass is 9.77. The summed E-state index contributed by atoms with van der Waals surface area (Å²) in [6.07, 6.45) is 4.76. The van der Waals surface area contributed by atoms with Crippen molar-refractivity contribution in [2.24, 2.45) is 5.92 Å². The summed E-state index contributed by atoms with van der Waals surface area (Å²) in [5.41, 5.74) is 0.616. The van der Waals surface area contributed by atoms with Crippen molar-refractivity contribution < 1.29 is 59.0 Å². The van der Waals surface area contributed by atoms with Gasteiger partial charge in [-0.2, -0.15) is 0 Å². The van der Waals surface area contributed by atoms with Gasteiger partial charge in [0.2, 0.25) is 5.78 Å². The number of fused-ring (bicyclic) bond motifs is 2. The molecular formula is C31H28Cl2N2O12. The number of unbranched alkanes of at least 4 members (excludes halogenated alkanes) is 1. The zero-order valence-electron chi connectivity index (χ0n) is 24.3. The molecule has 0 saturated heterocycles. The van der Waals surface area contributed by atoms with Gasteiger partial charge in [0.1, 0.15) is 23.7 Å². The summed E-state index contributed by atoms with van der Waals surface area (Å²) in [5, 5.41) is 50.4. The van der Waals surface area contributed by atoms with Crippen LogP contribution in [0.15, 0.2) is 69.7 Å². The number of carboxylic acids is 4. The molecule has 16 heteroatoms. The second kappa shape index (κ2) is 14.7. The minimum Gasteiger partial charge on any atom is -0.507 e. The largest absolute Gasteiger partial charge is 0.507 e. The molecule has 1 aromatic rings. The molecule has 0 aromatic heterocycles. The lowest BCUT2D eigenvalue weighted by Gasteiger charge is -2.37. The minimum absolute atomic E-state index is 0.0210. The first-order valence-corrected chi connectivity index (χ1v) is 14.8. The molecular weight excluding hydrogens is 663 g/mol. The number of ketones is 1. The van der Waals surface area contributed by atoms with Gasteiger partial charge in [-0.25, -0.2) is 4.79 Å². The normalized spacial score (nSPS) is 19.3. The molecule has 2 aliphatic carbocycles. The average Bonchev–Trinajstić information content (AvgIpc) is 2.98. The molecule has 0 fully saturated rings. The van der Waals surface area contributed by atoms with Crippen LogP contribution in [0.5, 0.6) is 0 Å². The second-order valence-electron chi connectivity index (χ2n) is 10.7. The van der Waals surface area contributed by atoms with Crippen LogP contribution in [-0.2, 0) is 23.9 Å². The molecule has 0 unspecified atom stereocenters. The van der Waals surface area contributed by atoms with Crippen molar-refractivity contribution in [2.45, 2.75) is 31.4 Å². The third-order valence-corrected chi connectivity index (χ3v) is 8.18. The highest BCUT2D eigenvalue weighted by Crippen LogP contribution is 2.47. The maximum Gasteiger partial charge on any atom is 0.336 e. The van der Waals surface area contributed by atoms with Crippen molar-refractivity contribution in [2.75, 3.05) is 19.6 Å². The number of halogens is 2. The number of carbonyl (C=O) groups excluding carboxylic acids is 2. The summed E-state index contributed by atoms with van der Waals surface area (Å²) >= 11 is 12.4. The molecule has 1 aliphatic heterocycles. The number of amides is 1. The maximum atomic E-state index is 13.2. The number of nitrogens with one attached hydrogen (secondary N) is 1. The topological polar surface area (TPSA) is 228 Å². The number of rotatable bonds is 14. The monoisotopic (exact) mass is 690 g/mol. The van der Waals surface area contributed by atoms with E-state index in [1.54, 1.807) is 0 Å². The van der Waals surface area contributed by atoms with Crippen LogP contribution in [0.4, 0.5) is 0 Å². The molecule has 1 aromatic carbocycles. The van der Waals surface area contributed by atoms with Crippen LogP contribution >= 0.6 is 23.2 Å². The number of aromatic carboxylic acids is 1. The van der Waals surface area contributed by atoms with E-state index in [0.29, 0.717) is 11.1 Å². The van der Waals surface area contributed by atoms with Crippen LogP contribution in [0.2, 0.25) is 0 Å². The first kappa shape index (κ1) is 34.9. The Morgan fingerprint density at radius 3 is 2.23 bits per heavy atom. The molecule has 0 saturated carbocycles. The molecule has 1 heterocycles. The van der Waals surface area contributed by atoms with Crippen LogP contribution in [0.3, 0.4) is 0 Å². The van der Waals surface area contributed by atoms with Crippen molar-refractivity contribution in [1.29, 1.82) is 0 Å². The third-order valence-electron chi connectivity index (χ3n) is 7.56. The zero-order chi connectivity index (χ0) is 34.6. The molecule has 3 atom stereocenters. The van der Waals surface area contributed by atoms with Gasteiger partial charge in [0.25, 0.3) is 5.91 Å². The summed E-state index contributed by atoms with van der Waals surface area (Å²) in [6.45, 7) is -1.51. The van der Waals surface area contributed by atoms with E-state index in [1.807, 2.05) is 0 Å². The van der Waals surface area contributed by atoms with Gasteiger partial charge in [-0.1, -0.05) is 29.3 Å². The van der Waals surface area contributed by atoms with E-state index in [0.717, 1.165) is 11.0 Å². The van der Waals surface area contributed by atoms with E-state index < -0.39 is 66.7 Å². The van der Waals surface area contributed by atoms with Gasteiger partial charge in [-0.05, 0) is 54.7 Å². The molecule has 0 spiro atoms. The van der Waals surface area contributed by atoms with Crippen molar-refractivity contribution in [3.05, 3.63) is 86.3 Å². The fourth-order valence-electron chi connectivity index (χ4n) is 5.47. The number of benzene rings is 1. The van der Waals surface area contributed by atoms with E-state index >= 15 is 0 Å². The van der Waals surface area contributed by atoms with Crippen LogP contribution in [0.25, 0.3) is 5.57 Å². The van der Waals surface area contributed by atoms with Crippen LogP contribution in [-0.4, -0.2) is 97.8 Å². The number of carboxylic acid groups (broad SMARTS) is 4. The molecule has 14 nitrogen and oxygen atoms in total.